The van der Waals surface area contributed by atoms with E-state index in [-0.39, 0.29) is 5.41 Å². The summed E-state index contributed by atoms with van der Waals surface area (Å²) in [6.07, 6.45) is 0.935. The highest BCUT2D eigenvalue weighted by Crippen LogP contribution is 2.26. The summed E-state index contributed by atoms with van der Waals surface area (Å²) >= 11 is 1.77. The molecule has 0 atom stereocenters. The minimum Gasteiger partial charge on any atom is -0.316 e. The van der Waals surface area contributed by atoms with Gasteiger partial charge in [0.25, 0.3) is 0 Å². The second kappa shape index (κ2) is 6.06. The van der Waals surface area contributed by atoms with Gasteiger partial charge in [0.1, 0.15) is 0 Å². The number of rotatable bonds is 4. The smallest absolute Gasteiger partial charge is 0.0972 e. The molecule has 0 spiro atoms. The molecule has 0 radical (unpaired) electrons. The zero-order chi connectivity index (χ0) is 14.8. The first kappa shape index (κ1) is 15.2. The van der Waals surface area contributed by atoms with Gasteiger partial charge in [-0.15, -0.1) is 11.3 Å². The Kier molecular flexibility index (Phi) is 4.61. The van der Waals surface area contributed by atoms with Gasteiger partial charge in [0.05, 0.1) is 10.7 Å². The summed E-state index contributed by atoms with van der Waals surface area (Å²) in [7, 11) is 1.98. The molecule has 1 aromatic carbocycles. The average molecular weight is 288 g/mol. The lowest BCUT2D eigenvalue weighted by Gasteiger charge is -2.14. The topological polar surface area (TPSA) is 24.9 Å². The molecule has 1 aromatic heterocycles. The molecule has 3 heteroatoms. The molecular weight excluding hydrogens is 264 g/mol. The van der Waals surface area contributed by atoms with Crippen LogP contribution in [0.4, 0.5) is 0 Å². The molecule has 20 heavy (non-hydrogen) atoms. The summed E-state index contributed by atoms with van der Waals surface area (Å²) in [6.45, 7) is 9.73. The normalized spacial score (nSPS) is 11.8. The van der Waals surface area contributed by atoms with Crippen LogP contribution < -0.4 is 5.32 Å². The largest absolute Gasteiger partial charge is 0.316 e. The zero-order valence-electron chi connectivity index (χ0n) is 13.1. The van der Waals surface area contributed by atoms with Crippen molar-refractivity contribution in [2.75, 3.05) is 7.05 Å². The van der Waals surface area contributed by atoms with Crippen LogP contribution in [0.2, 0.25) is 0 Å². The van der Waals surface area contributed by atoms with Gasteiger partial charge in [-0.2, -0.15) is 0 Å². The predicted octanol–water partition coefficient (Wildman–Crippen LogP) is 4.06. The summed E-state index contributed by atoms with van der Waals surface area (Å²) in [5.74, 6) is 0. The maximum absolute atomic E-state index is 4.80. The van der Waals surface area contributed by atoms with E-state index in [2.05, 4.69) is 56.6 Å². The molecule has 108 valence electrons. The van der Waals surface area contributed by atoms with Crippen molar-refractivity contribution < 1.29 is 0 Å². The Balaban J connectivity index is 2.21. The molecule has 0 aliphatic carbocycles. The number of nitrogens with one attached hydrogen (secondary N) is 1. The Hall–Kier alpha value is -1.19. The highest BCUT2D eigenvalue weighted by atomic mass is 32.1. The van der Waals surface area contributed by atoms with E-state index >= 15 is 0 Å². The van der Waals surface area contributed by atoms with Crippen molar-refractivity contribution in [2.45, 2.75) is 46.1 Å². The maximum atomic E-state index is 4.80. The Morgan fingerprint density at radius 2 is 2.00 bits per heavy atom. The second-order valence-corrected chi connectivity index (χ2v) is 7.29. The standard InChI is InChI=1S/C17H24N2S/c1-12-6-7-13(10-18-5)8-14(12)9-16-19-15(11-20-16)17(2,3)4/h6-8,11,18H,9-10H2,1-5H3. The van der Waals surface area contributed by atoms with Gasteiger partial charge in [-0.3, -0.25) is 0 Å². The van der Waals surface area contributed by atoms with Crippen LogP contribution in [0.25, 0.3) is 0 Å². The number of hydrogen-bond acceptors (Lipinski definition) is 3. The number of hydrogen-bond donors (Lipinski definition) is 1. The van der Waals surface area contributed by atoms with Crippen molar-refractivity contribution in [3.05, 3.63) is 51.0 Å². The van der Waals surface area contributed by atoms with Crippen molar-refractivity contribution >= 4 is 11.3 Å². The van der Waals surface area contributed by atoms with E-state index in [1.807, 2.05) is 7.05 Å². The molecule has 0 saturated carbocycles. The van der Waals surface area contributed by atoms with Gasteiger partial charge in [0.15, 0.2) is 0 Å². The lowest BCUT2D eigenvalue weighted by Crippen LogP contribution is -2.11. The number of aryl methyl sites for hydroxylation is 1. The number of aromatic nitrogens is 1. The zero-order valence-corrected chi connectivity index (χ0v) is 13.9. The third-order valence-corrected chi connectivity index (χ3v) is 4.31. The summed E-state index contributed by atoms with van der Waals surface area (Å²) in [4.78, 5) is 4.80. The van der Waals surface area contributed by atoms with Crippen molar-refractivity contribution in [2.24, 2.45) is 0 Å². The van der Waals surface area contributed by atoms with Crippen LogP contribution in [0.5, 0.6) is 0 Å². The monoisotopic (exact) mass is 288 g/mol. The van der Waals surface area contributed by atoms with Gasteiger partial charge < -0.3 is 5.32 Å². The third-order valence-electron chi connectivity index (χ3n) is 3.46. The molecule has 1 heterocycles. The fourth-order valence-corrected chi connectivity index (χ4v) is 3.17. The lowest BCUT2D eigenvalue weighted by atomic mass is 9.93. The maximum Gasteiger partial charge on any atom is 0.0972 e. The second-order valence-electron chi connectivity index (χ2n) is 6.34. The highest BCUT2D eigenvalue weighted by Gasteiger charge is 2.17. The molecule has 0 unspecified atom stereocenters. The summed E-state index contributed by atoms with van der Waals surface area (Å²) in [5.41, 5.74) is 5.39. The average Bonchev–Trinajstić information content (AvgIpc) is 2.82. The van der Waals surface area contributed by atoms with Gasteiger partial charge in [-0.1, -0.05) is 39.0 Å². The molecule has 0 aliphatic heterocycles. The van der Waals surface area contributed by atoms with Crippen LogP contribution in [-0.2, 0) is 18.4 Å². The van der Waals surface area contributed by atoms with Crippen molar-refractivity contribution in [3.63, 3.8) is 0 Å². The van der Waals surface area contributed by atoms with E-state index in [4.69, 9.17) is 4.98 Å². The van der Waals surface area contributed by atoms with Crippen molar-refractivity contribution in [1.82, 2.24) is 10.3 Å². The molecule has 2 rings (SSSR count). The Morgan fingerprint density at radius 3 is 2.60 bits per heavy atom. The van der Waals surface area contributed by atoms with Crippen LogP contribution in [0.3, 0.4) is 0 Å². The SMILES string of the molecule is CNCc1ccc(C)c(Cc2nc(C(C)(C)C)cs2)c1. The minimum absolute atomic E-state index is 0.137. The summed E-state index contributed by atoms with van der Waals surface area (Å²) in [5, 5.41) is 6.61. The van der Waals surface area contributed by atoms with Crippen LogP contribution in [0.15, 0.2) is 23.6 Å². The highest BCUT2D eigenvalue weighted by molar-refractivity contribution is 7.09. The first-order chi connectivity index (χ1) is 9.40. The number of thiazole rings is 1. The van der Waals surface area contributed by atoms with Gasteiger partial charge in [-0.25, -0.2) is 4.98 Å². The fraction of sp³-hybridized carbons (Fsp3) is 0.471. The van der Waals surface area contributed by atoms with Crippen LogP contribution in [0.1, 0.15) is 48.2 Å². The molecule has 0 bridgehead atoms. The lowest BCUT2D eigenvalue weighted by molar-refractivity contribution is 0.571. The van der Waals surface area contributed by atoms with Gasteiger partial charge in [0, 0.05) is 23.8 Å². The molecule has 2 nitrogen and oxygen atoms in total. The third kappa shape index (κ3) is 3.68. The van der Waals surface area contributed by atoms with Crippen LogP contribution in [0, 0.1) is 6.92 Å². The number of benzene rings is 1. The first-order valence-corrected chi connectivity index (χ1v) is 7.96. The minimum atomic E-state index is 0.137. The van der Waals surface area contributed by atoms with E-state index < -0.39 is 0 Å². The van der Waals surface area contributed by atoms with E-state index in [0.717, 1.165) is 13.0 Å². The van der Waals surface area contributed by atoms with E-state index in [9.17, 15) is 0 Å². The Bertz CT molecular complexity index is 579. The molecule has 0 fully saturated rings. The van der Waals surface area contributed by atoms with E-state index in [1.54, 1.807) is 11.3 Å². The fourth-order valence-electron chi connectivity index (χ4n) is 2.13. The quantitative estimate of drug-likeness (QED) is 0.917. The summed E-state index contributed by atoms with van der Waals surface area (Å²) in [6, 6.07) is 6.70. The molecule has 2 aromatic rings. The van der Waals surface area contributed by atoms with Crippen molar-refractivity contribution in [1.29, 1.82) is 0 Å². The van der Waals surface area contributed by atoms with Crippen LogP contribution >= 0.6 is 11.3 Å². The first-order valence-electron chi connectivity index (χ1n) is 7.08. The Labute approximate surface area is 126 Å². The van der Waals surface area contributed by atoms with Gasteiger partial charge in [0.2, 0.25) is 0 Å². The van der Waals surface area contributed by atoms with E-state index in [1.165, 1.54) is 27.4 Å². The van der Waals surface area contributed by atoms with E-state index in [0.29, 0.717) is 0 Å². The Morgan fingerprint density at radius 1 is 1.25 bits per heavy atom. The van der Waals surface area contributed by atoms with Gasteiger partial charge in [-0.05, 0) is 30.7 Å². The molecule has 1 N–H and O–H groups in total. The molecule has 0 saturated heterocycles. The van der Waals surface area contributed by atoms with Gasteiger partial charge >= 0.3 is 0 Å². The van der Waals surface area contributed by atoms with Crippen molar-refractivity contribution in [3.8, 4) is 0 Å². The van der Waals surface area contributed by atoms with Crippen LogP contribution in [-0.4, -0.2) is 12.0 Å². The molecule has 0 amide bonds. The summed E-state index contributed by atoms with van der Waals surface area (Å²) < 4.78 is 0. The molecular formula is C17H24N2S. The molecule has 0 aliphatic rings. The number of nitrogens with zero attached hydrogens (tertiary/aromatic N) is 1. The predicted molar refractivity (Wildman–Crippen MR) is 87.6 cm³/mol.